The zero-order valence-electron chi connectivity index (χ0n) is 18.4. The average Bonchev–Trinajstić information content (AvgIpc) is 2.62. The highest BCUT2D eigenvalue weighted by molar-refractivity contribution is 5.75. The van der Waals surface area contributed by atoms with Crippen molar-refractivity contribution in [1.29, 1.82) is 0 Å². The smallest absolute Gasteiger partial charge is 0.280 e. The van der Waals surface area contributed by atoms with Crippen molar-refractivity contribution in [3.05, 3.63) is 0 Å². The molecule has 0 aliphatic heterocycles. The SMILES string of the molecule is CCCCCCCCCCCCCCCCCCNC[NH2+]CCC(O)(O)O.[Cl-].[SiH4]. The summed E-state index contributed by atoms with van der Waals surface area (Å²) < 4.78 is 0. The van der Waals surface area contributed by atoms with E-state index in [1.165, 1.54) is 103 Å². The van der Waals surface area contributed by atoms with Crippen LogP contribution in [-0.2, 0) is 0 Å². The molecule has 29 heavy (non-hydrogen) atoms. The maximum absolute atomic E-state index is 8.75. The molecule has 0 rings (SSSR count). The summed E-state index contributed by atoms with van der Waals surface area (Å²) in [6, 6.07) is 0. The van der Waals surface area contributed by atoms with Gasteiger partial charge in [-0.15, -0.1) is 0 Å². The van der Waals surface area contributed by atoms with Gasteiger partial charge in [0.1, 0.15) is 6.67 Å². The number of nitrogens with two attached hydrogens (primary N) is 1. The lowest BCUT2D eigenvalue weighted by Gasteiger charge is -2.12. The van der Waals surface area contributed by atoms with Crippen molar-refractivity contribution in [1.82, 2.24) is 5.32 Å². The predicted molar refractivity (Wildman–Crippen MR) is 125 cm³/mol. The third-order valence-corrected chi connectivity index (χ3v) is 5.18. The molecule has 0 aromatic carbocycles. The van der Waals surface area contributed by atoms with Crippen LogP contribution in [-0.4, -0.2) is 52.0 Å². The Balaban J connectivity index is -0.00000338. The molecule has 0 spiro atoms. The van der Waals surface area contributed by atoms with Gasteiger partial charge >= 0.3 is 0 Å². The second-order valence-corrected chi connectivity index (χ2v) is 8.11. The largest absolute Gasteiger partial charge is 1.00 e. The normalized spacial score (nSPS) is 11.2. The molecule has 180 valence electrons. The van der Waals surface area contributed by atoms with Crippen molar-refractivity contribution < 1.29 is 33.0 Å². The molecule has 6 N–H and O–H groups in total. The van der Waals surface area contributed by atoms with Crippen LogP contribution in [0, 0.1) is 0 Å². The maximum Gasteiger partial charge on any atom is 0.280 e. The summed E-state index contributed by atoms with van der Waals surface area (Å²) in [5, 5.41) is 31.5. The molecule has 0 aromatic heterocycles. The second kappa shape index (κ2) is 26.3. The Hall–Kier alpha value is 0.307. The molecule has 7 heteroatoms. The van der Waals surface area contributed by atoms with Crippen LogP contribution in [0.5, 0.6) is 0 Å². The van der Waals surface area contributed by atoms with Gasteiger partial charge in [-0.2, -0.15) is 0 Å². The zero-order valence-corrected chi connectivity index (χ0v) is 19.2. The number of rotatable bonds is 22. The molecule has 0 amide bonds. The quantitative estimate of drug-likeness (QED) is 0.0815. The highest BCUT2D eigenvalue weighted by Crippen LogP contribution is 2.13. The molecule has 0 heterocycles. The molecule has 0 fully saturated rings. The Labute approximate surface area is 191 Å². The number of hydrogen-bond acceptors (Lipinski definition) is 4. The first-order valence-corrected chi connectivity index (χ1v) is 11.8. The fourth-order valence-electron chi connectivity index (χ4n) is 3.40. The lowest BCUT2D eigenvalue weighted by Crippen LogP contribution is -3.00. The highest BCUT2D eigenvalue weighted by atomic mass is 35.5. The lowest BCUT2D eigenvalue weighted by molar-refractivity contribution is -0.663. The van der Waals surface area contributed by atoms with E-state index in [9.17, 15) is 0 Å². The van der Waals surface area contributed by atoms with Crippen molar-refractivity contribution >= 4 is 11.0 Å². The Morgan fingerprint density at radius 1 is 0.655 bits per heavy atom. The Morgan fingerprint density at radius 3 is 1.41 bits per heavy atom. The van der Waals surface area contributed by atoms with E-state index in [0.29, 0.717) is 6.54 Å². The highest BCUT2D eigenvalue weighted by Gasteiger charge is 2.17. The molecule has 0 aliphatic carbocycles. The van der Waals surface area contributed by atoms with Crippen molar-refractivity contribution in [3.63, 3.8) is 0 Å². The van der Waals surface area contributed by atoms with E-state index in [4.69, 9.17) is 15.3 Å². The first-order valence-electron chi connectivity index (χ1n) is 11.8. The summed E-state index contributed by atoms with van der Waals surface area (Å²) in [6.07, 6.45) is 22.2. The van der Waals surface area contributed by atoms with E-state index in [-0.39, 0.29) is 29.8 Å². The zero-order chi connectivity index (χ0) is 20.1. The summed E-state index contributed by atoms with van der Waals surface area (Å²) >= 11 is 0. The van der Waals surface area contributed by atoms with Gasteiger partial charge in [0, 0.05) is 6.54 Å². The van der Waals surface area contributed by atoms with Gasteiger partial charge in [0.25, 0.3) is 5.97 Å². The standard InChI is InChI=1S/C22H48N2O3.ClH.H4Si/c1-2-3-4-5-6-7-8-9-10-11-12-13-14-15-16-17-19-23-21-24-20-18-22(25,26)27;;/h23-27H,2-21H2,1H3;1H;1H4. The first-order chi connectivity index (χ1) is 13.1. The average molecular weight is 457 g/mol. The van der Waals surface area contributed by atoms with E-state index in [1.54, 1.807) is 0 Å². The molecule has 0 saturated heterocycles. The third-order valence-electron chi connectivity index (χ3n) is 5.18. The number of halogens is 1. The van der Waals surface area contributed by atoms with Gasteiger partial charge in [-0.3, -0.25) is 5.32 Å². The fourth-order valence-corrected chi connectivity index (χ4v) is 3.40. The minimum Gasteiger partial charge on any atom is -1.00 e. The van der Waals surface area contributed by atoms with Crippen LogP contribution in [0.1, 0.15) is 116 Å². The van der Waals surface area contributed by atoms with Gasteiger partial charge in [-0.1, -0.05) is 103 Å². The van der Waals surface area contributed by atoms with Gasteiger partial charge in [0.15, 0.2) is 0 Å². The monoisotopic (exact) mass is 456 g/mol. The number of nitrogens with one attached hydrogen (secondary N) is 1. The molecule has 0 aromatic rings. The molecule has 0 atom stereocenters. The lowest BCUT2D eigenvalue weighted by atomic mass is 10.0. The Bertz CT molecular complexity index is 296. The molecule has 0 aliphatic rings. The van der Waals surface area contributed by atoms with Crippen LogP contribution < -0.4 is 23.0 Å². The van der Waals surface area contributed by atoms with Crippen molar-refractivity contribution in [2.75, 3.05) is 19.8 Å². The molecule has 0 bridgehead atoms. The van der Waals surface area contributed by atoms with E-state index >= 15 is 0 Å². The van der Waals surface area contributed by atoms with E-state index in [2.05, 4.69) is 12.2 Å². The van der Waals surface area contributed by atoms with Crippen LogP contribution in [0.3, 0.4) is 0 Å². The summed E-state index contributed by atoms with van der Waals surface area (Å²) in [5.41, 5.74) is 0. The van der Waals surface area contributed by atoms with Crippen LogP contribution in [0.2, 0.25) is 0 Å². The van der Waals surface area contributed by atoms with E-state index in [0.717, 1.165) is 13.2 Å². The summed E-state index contributed by atoms with van der Waals surface area (Å²) in [5.74, 6) is -2.52. The van der Waals surface area contributed by atoms with Crippen LogP contribution in [0.4, 0.5) is 0 Å². The predicted octanol–water partition coefficient (Wildman–Crippen LogP) is -1.07. The van der Waals surface area contributed by atoms with Gasteiger partial charge in [0.05, 0.1) is 13.0 Å². The number of unbranched alkanes of at least 4 members (excludes halogenated alkanes) is 15. The van der Waals surface area contributed by atoms with Gasteiger partial charge in [-0.05, 0) is 17.4 Å². The van der Waals surface area contributed by atoms with Gasteiger partial charge in [-0.25, -0.2) is 0 Å². The molecular formula is C22H53ClN2O3Si. The first kappa shape index (κ1) is 33.9. The summed E-state index contributed by atoms with van der Waals surface area (Å²) in [7, 11) is 0. The van der Waals surface area contributed by atoms with E-state index in [1.807, 2.05) is 5.32 Å². The molecular weight excluding hydrogens is 404 g/mol. The topological polar surface area (TPSA) is 89.3 Å². The van der Waals surface area contributed by atoms with Crippen LogP contribution in [0.15, 0.2) is 0 Å². The summed E-state index contributed by atoms with van der Waals surface area (Å²) in [6.45, 7) is 4.55. The minimum atomic E-state index is -2.52. The summed E-state index contributed by atoms with van der Waals surface area (Å²) in [4.78, 5) is 0. The van der Waals surface area contributed by atoms with Crippen molar-refractivity contribution in [2.24, 2.45) is 0 Å². The number of hydrogen-bond donors (Lipinski definition) is 5. The van der Waals surface area contributed by atoms with Crippen LogP contribution >= 0.6 is 0 Å². The van der Waals surface area contributed by atoms with Gasteiger partial charge in [0.2, 0.25) is 0 Å². The Kier molecular flexibility index (Phi) is 30.8. The van der Waals surface area contributed by atoms with E-state index < -0.39 is 5.97 Å². The molecule has 0 radical (unpaired) electrons. The Morgan fingerprint density at radius 2 is 1.03 bits per heavy atom. The number of aliphatic hydroxyl groups is 3. The number of quaternary nitrogens is 1. The fraction of sp³-hybridized carbons (Fsp3) is 1.00. The molecule has 0 saturated carbocycles. The molecule has 5 nitrogen and oxygen atoms in total. The van der Waals surface area contributed by atoms with Gasteiger partial charge < -0.3 is 33.0 Å². The van der Waals surface area contributed by atoms with Crippen molar-refractivity contribution in [2.45, 2.75) is 122 Å². The minimum absolute atomic E-state index is 0. The second-order valence-electron chi connectivity index (χ2n) is 8.11. The molecule has 0 unspecified atom stereocenters. The maximum atomic E-state index is 8.75. The van der Waals surface area contributed by atoms with Crippen LogP contribution in [0.25, 0.3) is 0 Å². The van der Waals surface area contributed by atoms with Crippen molar-refractivity contribution in [3.8, 4) is 0 Å². The third kappa shape index (κ3) is 33.2.